The summed E-state index contributed by atoms with van der Waals surface area (Å²) in [7, 11) is 0. The first kappa shape index (κ1) is 11.1. The summed E-state index contributed by atoms with van der Waals surface area (Å²) in [6.07, 6.45) is 0.202. The maximum atomic E-state index is 12.8. The fourth-order valence-corrected chi connectivity index (χ4v) is 0.981. The Hall–Kier alpha value is -1.93. The van der Waals surface area contributed by atoms with E-state index in [0.717, 1.165) is 18.2 Å². The average molecular weight is 209 g/mol. The van der Waals surface area contributed by atoms with Gasteiger partial charge in [0.25, 0.3) is 5.69 Å². The Morgan fingerprint density at radius 2 is 2.27 bits per heavy atom. The molecule has 0 atom stereocenters. The van der Waals surface area contributed by atoms with Crippen LogP contribution in [-0.2, 0) is 0 Å². The van der Waals surface area contributed by atoms with Crippen LogP contribution in [0, 0.1) is 27.8 Å². The molecule has 1 rings (SSSR count). The number of rotatable bonds is 2. The molecule has 5 heteroatoms. The Balaban J connectivity index is 3.09. The van der Waals surface area contributed by atoms with Crippen LogP contribution in [0.5, 0.6) is 0 Å². The molecular formula is C10H8FNO3. The molecule has 4 nitrogen and oxygen atoms in total. The standard InChI is InChI=1S/C10H8FNO3/c11-9-4-5-10(12(14)15)8(7-9)3-1-2-6-13/h4-5,7,13H,2,6H2. The van der Waals surface area contributed by atoms with E-state index in [2.05, 4.69) is 11.8 Å². The summed E-state index contributed by atoms with van der Waals surface area (Å²) < 4.78 is 12.8. The van der Waals surface area contributed by atoms with Crippen LogP contribution < -0.4 is 0 Å². The molecule has 1 N–H and O–H groups in total. The Labute approximate surface area is 85.5 Å². The molecule has 1 aromatic carbocycles. The van der Waals surface area contributed by atoms with Gasteiger partial charge in [-0.25, -0.2) is 4.39 Å². The average Bonchev–Trinajstić information content (AvgIpc) is 2.18. The van der Waals surface area contributed by atoms with Crippen LogP contribution in [0.25, 0.3) is 0 Å². The van der Waals surface area contributed by atoms with Gasteiger partial charge in [-0.15, -0.1) is 0 Å². The molecule has 0 spiro atoms. The molecule has 0 fully saturated rings. The maximum absolute atomic E-state index is 12.8. The highest BCUT2D eigenvalue weighted by Gasteiger charge is 2.11. The molecule has 0 aliphatic heterocycles. The Bertz CT molecular complexity index is 434. The van der Waals surface area contributed by atoms with Gasteiger partial charge < -0.3 is 5.11 Å². The summed E-state index contributed by atoms with van der Waals surface area (Å²) in [5.74, 6) is 4.37. The second kappa shape index (κ2) is 5.08. The Kier molecular flexibility index (Phi) is 3.77. The van der Waals surface area contributed by atoms with Crippen molar-refractivity contribution in [2.45, 2.75) is 6.42 Å². The van der Waals surface area contributed by atoms with Gasteiger partial charge in [0.05, 0.1) is 11.5 Å². The largest absolute Gasteiger partial charge is 0.395 e. The maximum Gasteiger partial charge on any atom is 0.285 e. The zero-order valence-electron chi connectivity index (χ0n) is 7.74. The van der Waals surface area contributed by atoms with Crippen molar-refractivity contribution in [3.63, 3.8) is 0 Å². The molecule has 0 saturated carbocycles. The van der Waals surface area contributed by atoms with E-state index in [0.29, 0.717) is 0 Å². The van der Waals surface area contributed by atoms with Crippen molar-refractivity contribution in [1.82, 2.24) is 0 Å². The molecule has 0 unspecified atom stereocenters. The predicted octanol–water partition coefficient (Wildman–Crippen LogP) is 1.47. The number of nitro benzene ring substituents is 1. The van der Waals surface area contributed by atoms with E-state index in [1.54, 1.807) is 0 Å². The smallest absolute Gasteiger partial charge is 0.285 e. The highest BCUT2D eigenvalue weighted by molar-refractivity contribution is 5.50. The molecule has 0 aliphatic carbocycles. The minimum atomic E-state index is -0.623. The zero-order valence-corrected chi connectivity index (χ0v) is 7.74. The number of halogens is 1. The first-order chi connectivity index (χ1) is 7.15. The normalized spacial score (nSPS) is 9.20. The molecule has 78 valence electrons. The van der Waals surface area contributed by atoms with Crippen LogP contribution in [0.1, 0.15) is 12.0 Å². The molecule has 1 aromatic rings. The monoisotopic (exact) mass is 209 g/mol. The van der Waals surface area contributed by atoms with Crippen molar-refractivity contribution in [3.05, 3.63) is 39.7 Å². The minimum absolute atomic E-state index is 0.0217. The van der Waals surface area contributed by atoms with E-state index in [9.17, 15) is 14.5 Å². The Morgan fingerprint density at radius 3 is 2.87 bits per heavy atom. The summed E-state index contributed by atoms with van der Waals surface area (Å²) >= 11 is 0. The van der Waals surface area contributed by atoms with Crippen molar-refractivity contribution in [3.8, 4) is 11.8 Å². The number of nitrogens with zero attached hydrogens (tertiary/aromatic N) is 1. The van der Waals surface area contributed by atoms with Gasteiger partial charge in [-0.3, -0.25) is 10.1 Å². The molecule has 0 aromatic heterocycles. The summed E-state index contributed by atoms with van der Waals surface area (Å²) in [6.45, 7) is -0.129. The van der Waals surface area contributed by atoms with Gasteiger partial charge in [0, 0.05) is 12.5 Å². The molecule has 0 saturated heterocycles. The fourth-order valence-electron chi connectivity index (χ4n) is 0.981. The second-order valence-electron chi connectivity index (χ2n) is 2.69. The van der Waals surface area contributed by atoms with E-state index in [1.165, 1.54) is 0 Å². The number of aliphatic hydroxyl groups excluding tert-OH is 1. The second-order valence-corrected chi connectivity index (χ2v) is 2.69. The van der Waals surface area contributed by atoms with Gasteiger partial charge in [-0.05, 0) is 12.1 Å². The van der Waals surface area contributed by atoms with E-state index in [1.807, 2.05) is 0 Å². The van der Waals surface area contributed by atoms with Gasteiger partial charge in [-0.2, -0.15) is 0 Å². The van der Waals surface area contributed by atoms with Crippen LogP contribution in [-0.4, -0.2) is 16.6 Å². The van der Waals surface area contributed by atoms with E-state index >= 15 is 0 Å². The summed E-state index contributed by atoms with van der Waals surface area (Å²) in [5, 5.41) is 19.0. The number of nitro groups is 1. The number of hydrogen-bond donors (Lipinski definition) is 1. The predicted molar refractivity (Wildman–Crippen MR) is 51.6 cm³/mol. The minimum Gasteiger partial charge on any atom is -0.395 e. The number of benzene rings is 1. The summed E-state index contributed by atoms with van der Waals surface area (Å²) in [5.41, 5.74) is -0.213. The van der Waals surface area contributed by atoms with Gasteiger partial charge in [0.15, 0.2) is 0 Å². The SMILES string of the molecule is O=[N+]([O-])c1ccc(F)cc1C#CCCO. The highest BCUT2D eigenvalue weighted by atomic mass is 19.1. The first-order valence-corrected chi connectivity index (χ1v) is 4.19. The van der Waals surface area contributed by atoms with Crippen molar-refractivity contribution in [2.24, 2.45) is 0 Å². The quantitative estimate of drug-likeness (QED) is 0.455. The van der Waals surface area contributed by atoms with E-state index in [4.69, 9.17) is 5.11 Å². The van der Waals surface area contributed by atoms with Gasteiger partial charge in [-0.1, -0.05) is 11.8 Å². The van der Waals surface area contributed by atoms with Crippen molar-refractivity contribution in [2.75, 3.05) is 6.61 Å². The topological polar surface area (TPSA) is 63.4 Å². The third kappa shape index (κ3) is 3.04. The Morgan fingerprint density at radius 1 is 1.53 bits per heavy atom. The van der Waals surface area contributed by atoms with E-state index in [-0.39, 0.29) is 24.3 Å². The first-order valence-electron chi connectivity index (χ1n) is 4.19. The number of aliphatic hydroxyl groups is 1. The third-order valence-electron chi connectivity index (χ3n) is 1.62. The lowest BCUT2D eigenvalue weighted by molar-refractivity contribution is -0.385. The van der Waals surface area contributed by atoms with Crippen molar-refractivity contribution < 1.29 is 14.4 Å². The molecule has 15 heavy (non-hydrogen) atoms. The van der Waals surface area contributed by atoms with Gasteiger partial charge in [0.1, 0.15) is 11.4 Å². The third-order valence-corrected chi connectivity index (χ3v) is 1.62. The molecule has 0 bridgehead atoms. The zero-order chi connectivity index (χ0) is 11.3. The molecule has 0 aliphatic rings. The number of hydrogen-bond acceptors (Lipinski definition) is 3. The van der Waals surface area contributed by atoms with Crippen LogP contribution >= 0.6 is 0 Å². The van der Waals surface area contributed by atoms with Crippen molar-refractivity contribution in [1.29, 1.82) is 0 Å². The van der Waals surface area contributed by atoms with Crippen LogP contribution in [0.15, 0.2) is 18.2 Å². The lowest BCUT2D eigenvalue weighted by Crippen LogP contribution is -1.93. The van der Waals surface area contributed by atoms with Gasteiger partial charge in [0.2, 0.25) is 0 Å². The fraction of sp³-hybridized carbons (Fsp3) is 0.200. The van der Waals surface area contributed by atoms with Gasteiger partial charge >= 0.3 is 0 Å². The summed E-state index contributed by atoms with van der Waals surface area (Å²) in [4.78, 5) is 9.91. The van der Waals surface area contributed by atoms with Crippen LogP contribution in [0.3, 0.4) is 0 Å². The molecule has 0 radical (unpaired) electrons. The van der Waals surface area contributed by atoms with Crippen LogP contribution in [0.2, 0.25) is 0 Å². The summed E-state index contributed by atoms with van der Waals surface area (Å²) in [6, 6.07) is 3.08. The lowest BCUT2D eigenvalue weighted by Gasteiger charge is -1.94. The van der Waals surface area contributed by atoms with E-state index < -0.39 is 10.7 Å². The molecule has 0 amide bonds. The molecular weight excluding hydrogens is 201 g/mol. The van der Waals surface area contributed by atoms with Crippen molar-refractivity contribution >= 4 is 5.69 Å². The lowest BCUT2D eigenvalue weighted by atomic mass is 10.2. The van der Waals surface area contributed by atoms with Crippen LogP contribution in [0.4, 0.5) is 10.1 Å². The molecule has 0 heterocycles. The highest BCUT2D eigenvalue weighted by Crippen LogP contribution is 2.18.